The Labute approximate surface area is 211 Å². The van der Waals surface area contributed by atoms with Crippen LogP contribution in [0.15, 0.2) is 66.7 Å². The van der Waals surface area contributed by atoms with Crippen molar-refractivity contribution in [2.75, 3.05) is 6.61 Å². The van der Waals surface area contributed by atoms with Crippen molar-refractivity contribution in [1.29, 1.82) is 0 Å². The van der Waals surface area contributed by atoms with Gasteiger partial charge in [0, 0.05) is 6.07 Å². The summed E-state index contributed by atoms with van der Waals surface area (Å²) in [6, 6.07) is 16.0. The van der Waals surface area contributed by atoms with Gasteiger partial charge in [-0.15, -0.1) is 0 Å². The van der Waals surface area contributed by atoms with Gasteiger partial charge in [-0.25, -0.2) is 4.79 Å². The number of aliphatic hydroxyl groups is 3. The van der Waals surface area contributed by atoms with Gasteiger partial charge in [0.25, 0.3) is 0 Å². The van der Waals surface area contributed by atoms with Gasteiger partial charge in [0.1, 0.15) is 41.3 Å². The predicted octanol–water partition coefficient (Wildman–Crippen LogP) is 2.02. The Morgan fingerprint density at radius 3 is 2.08 bits per heavy atom. The van der Waals surface area contributed by atoms with Gasteiger partial charge >= 0.3 is 5.97 Å². The van der Waals surface area contributed by atoms with E-state index in [1.165, 1.54) is 48.5 Å². The quantitative estimate of drug-likeness (QED) is 0.204. The number of phenols is 3. The third-order valence-corrected chi connectivity index (χ3v) is 5.70. The summed E-state index contributed by atoms with van der Waals surface area (Å²) >= 11 is 0. The highest BCUT2D eigenvalue weighted by molar-refractivity contribution is 5.89. The molecule has 0 unspecified atom stereocenters. The molecule has 0 aromatic heterocycles. The van der Waals surface area contributed by atoms with Gasteiger partial charge in [-0.3, -0.25) is 0 Å². The van der Waals surface area contributed by atoms with Crippen molar-refractivity contribution in [2.45, 2.75) is 30.7 Å². The normalized spacial score (nSPS) is 23.6. The first-order valence-electron chi connectivity index (χ1n) is 11.3. The third kappa shape index (κ3) is 6.38. The molecule has 1 saturated heterocycles. The summed E-state index contributed by atoms with van der Waals surface area (Å²) in [6.45, 7) is -0.641. The number of carbonyl (C=O) groups is 1. The molecule has 37 heavy (non-hydrogen) atoms. The number of hydrogen-bond acceptors (Lipinski definition) is 10. The number of benzene rings is 3. The van der Waals surface area contributed by atoms with Crippen molar-refractivity contribution in [3.63, 3.8) is 0 Å². The Morgan fingerprint density at radius 1 is 0.811 bits per heavy atom. The minimum absolute atomic E-state index is 0.0563. The maximum absolute atomic E-state index is 12.7. The van der Waals surface area contributed by atoms with Crippen LogP contribution in [0.1, 0.15) is 21.5 Å². The second-order valence-corrected chi connectivity index (χ2v) is 8.43. The lowest BCUT2D eigenvalue weighted by Crippen LogP contribution is -2.61. The molecule has 0 radical (unpaired) electrons. The Kier molecular flexibility index (Phi) is 7.95. The van der Waals surface area contributed by atoms with E-state index in [-0.39, 0.29) is 28.6 Å². The van der Waals surface area contributed by atoms with E-state index in [1.807, 2.05) is 0 Å². The number of phenolic OH excluding ortho intramolecular Hbond substituents is 3. The molecule has 3 aromatic rings. The molecule has 3 aromatic carbocycles. The van der Waals surface area contributed by atoms with Crippen LogP contribution in [0.2, 0.25) is 0 Å². The lowest BCUT2D eigenvalue weighted by Gasteiger charge is -2.41. The molecular formula is C27H26O10. The van der Waals surface area contributed by atoms with Crippen molar-refractivity contribution in [1.82, 2.24) is 0 Å². The predicted molar refractivity (Wildman–Crippen MR) is 131 cm³/mol. The fourth-order valence-electron chi connectivity index (χ4n) is 3.75. The van der Waals surface area contributed by atoms with Crippen LogP contribution in [-0.2, 0) is 9.47 Å². The summed E-state index contributed by atoms with van der Waals surface area (Å²) in [6.07, 6.45) is -3.98. The first-order valence-corrected chi connectivity index (χ1v) is 11.3. The van der Waals surface area contributed by atoms with E-state index < -0.39 is 43.3 Å². The van der Waals surface area contributed by atoms with E-state index in [0.717, 1.165) is 5.56 Å². The topological polar surface area (TPSA) is 166 Å². The molecule has 194 valence electrons. The van der Waals surface area contributed by atoms with E-state index >= 15 is 0 Å². The Balaban J connectivity index is 1.56. The number of ether oxygens (including phenoxy) is 3. The van der Waals surface area contributed by atoms with Gasteiger partial charge in [-0.2, -0.15) is 0 Å². The highest BCUT2D eigenvalue weighted by Crippen LogP contribution is 2.30. The van der Waals surface area contributed by atoms with Crippen molar-refractivity contribution < 1.29 is 49.6 Å². The van der Waals surface area contributed by atoms with Crippen molar-refractivity contribution >= 4 is 18.1 Å². The number of aliphatic hydroxyl groups excluding tert-OH is 3. The minimum Gasteiger partial charge on any atom is -0.508 e. The van der Waals surface area contributed by atoms with Gasteiger partial charge in [-0.05, 0) is 59.7 Å². The Hall–Kier alpha value is -4.09. The first kappa shape index (κ1) is 26.0. The molecule has 0 amide bonds. The number of carbonyl (C=O) groups excluding carboxylic acids is 1. The standard InChI is InChI=1S/C27H26O10/c28-14-22-23(32)24(33)25(37-26(34)17-5-9-19(30)10-6-17)27(36-22)35-21-12-16(11-20(31)13-21)2-1-15-3-7-18(29)8-4-15/h1-13,22-25,27-33H,14H2/t22-,23-,24+,25-,27-/m1/s1. The molecule has 10 nitrogen and oxygen atoms in total. The van der Waals surface area contributed by atoms with E-state index in [9.17, 15) is 35.4 Å². The average molecular weight is 510 g/mol. The summed E-state index contributed by atoms with van der Waals surface area (Å²) in [4.78, 5) is 12.7. The fraction of sp³-hybridized carbons (Fsp3) is 0.222. The molecule has 0 saturated carbocycles. The van der Waals surface area contributed by atoms with Crippen LogP contribution in [-0.4, -0.2) is 73.9 Å². The zero-order chi connectivity index (χ0) is 26.5. The largest absolute Gasteiger partial charge is 0.508 e. The molecule has 1 aliphatic heterocycles. The zero-order valence-electron chi connectivity index (χ0n) is 19.4. The van der Waals surface area contributed by atoms with Crippen molar-refractivity contribution in [3.05, 3.63) is 83.4 Å². The third-order valence-electron chi connectivity index (χ3n) is 5.70. The van der Waals surface area contributed by atoms with Crippen molar-refractivity contribution in [2.24, 2.45) is 0 Å². The molecule has 1 fully saturated rings. The maximum atomic E-state index is 12.7. The summed E-state index contributed by atoms with van der Waals surface area (Å²) in [5.74, 6) is -0.841. The van der Waals surface area contributed by atoms with E-state index in [4.69, 9.17) is 14.2 Å². The summed E-state index contributed by atoms with van der Waals surface area (Å²) in [7, 11) is 0. The van der Waals surface area contributed by atoms with Crippen molar-refractivity contribution in [3.8, 4) is 23.0 Å². The Bertz CT molecular complexity index is 1240. The summed E-state index contributed by atoms with van der Waals surface area (Å²) in [5.41, 5.74) is 1.40. The van der Waals surface area contributed by atoms with Crippen LogP contribution < -0.4 is 4.74 Å². The molecule has 1 heterocycles. The molecule has 5 atom stereocenters. The molecule has 0 aliphatic carbocycles. The summed E-state index contributed by atoms with van der Waals surface area (Å²) in [5, 5.41) is 59.6. The smallest absolute Gasteiger partial charge is 0.338 e. The number of esters is 1. The van der Waals surface area contributed by atoms with E-state index in [2.05, 4.69) is 0 Å². The maximum Gasteiger partial charge on any atom is 0.338 e. The highest BCUT2D eigenvalue weighted by atomic mass is 16.7. The average Bonchev–Trinajstić information content (AvgIpc) is 2.88. The van der Waals surface area contributed by atoms with Crippen LogP contribution >= 0.6 is 0 Å². The van der Waals surface area contributed by atoms with Crippen LogP contribution in [0.3, 0.4) is 0 Å². The van der Waals surface area contributed by atoms with Gasteiger partial charge in [0.2, 0.25) is 6.29 Å². The highest BCUT2D eigenvalue weighted by Gasteiger charge is 2.48. The number of rotatable bonds is 7. The SMILES string of the molecule is O=C(O[C@H]1[C@H](Oc2cc(O)cc(C=Cc3ccc(O)cc3)c2)O[C@H](CO)[C@@H](O)[C@@H]1O)c1ccc(O)cc1. The number of aromatic hydroxyl groups is 3. The molecule has 0 bridgehead atoms. The molecule has 6 N–H and O–H groups in total. The monoisotopic (exact) mass is 510 g/mol. The lowest BCUT2D eigenvalue weighted by atomic mass is 9.99. The Morgan fingerprint density at radius 2 is 1.43 bits per heavy atom. The lowest BCUT2D eigenvalue weighted by molar-refractivity contribution is -0.276. The molecular weight excluding hydrogens is 484 g/mol. The molecule has 10 heteroatoms. The van der Waals surface area contributed by atoms with E-state index in [0.29, 0.717) is 5.56 Å². The second-order valence-electron chi connectivity index (χ2n) is 8.43. The second kappa shape index (κ2) is 11.3. The van der Waals surface area contributed by atoms with Gasteiger partial charge in [-0.1, -0.05) is 24.3 Å². The van der Waals surface area contributed by atoms with Gasteiger partial charge in [0.15, 0.2) is 6.10 Å². The number of hydrogen-bond donors (Lipinski definition) is 6. The van der Waals surface area contributed by atoms with E-state index in [1.54, 1.807) is 30.4 Å². The zero-order valence-corrected chi connectivity index (χ0v) is 19.4. The van der Waals surface area contributed by atoms with Crippen LogP contribution in [0.5, 0.6) is 23.0 Å². The van der Waals surface area contributed by atoms with Gasteiger partial charge < -0.3 is 44.8 Å². The van der Waals surface area contributed by atoms with Crippen LogP contribution in [0, 0.1) is 0 Å². The fourth-order valence-corrected chi connectivity index (χ4v) is 3.75. The van der Waals surface area contributed by atoms with Crippen LogP contribution in [0.25, 0.3) is 12.2 Å². The first-order chi connectivity index (χ1) is 17.7. The minimum atomic E-state index is -1.66. The molecule has 1 aliphatic rings. The molecule has 0 spiro atoms. The summed E-state index contributed by atoms with van der Waals surface area (Å²) < 4.78 is 16.8. The van der Waals surface area contributed by atoms with Crippen LogP contribution in [0.4, 0.5) is 0 Å². The molecule has 4 rings (SSSR count). The van der Waals surface area contributed by atoms with Gasteiger partial charge in [0.05, 0.1) is 12.2 Å².